The van der Waals surface area contributed by atoms with Crippen LogP contribution in [0, 0.1) is 0 Å². The van der Waals surface area contributed by atoms with E-state index in [9.17, 15) is 0 Å². The summed E-state index contributed by atoms with van der Waals surface area (Å²) >= 11 is 0. The van der Waals surface area contributed by atoms with Crippen LogP contribution in [-0.4, -0.2) is 35.7 Å². The lowest BCUT2D eigenvalue weighted by atomic mass is 10.0. The second-order valence-electron chi connectivity index (χ2n) is 6.60. The molecule has 0 aromatic heterocycles. The number of hydrogen-bond acceptors (Lipinski definition) is 1. The number of nitrogens with zero attached hydrogens (tertiary/aromatic N) is 1. The van der Waals surface area contributed by atoms with Gasteiger partial charge in [0.1, 0.15) is 0 Å². The zero-order valence-electron chi connectivity index (χ0n) is 11.3. The smallest absolute Gasteiger partial charge is 0.0753 e. The van der Waals surface area contributed by atoms with E-state index in [1.165, 1.54) is 0 Å². The summed E-state index contributed by atoms with van der Waals surface area (Å²) in [5.41, 5.74) is 0.536. The summed E-state index contributed by atoms with van der Waals surface area (Å²) in [4.78, 5) is 0. The van der Waals surface area contributed by atoms with Gasteiger partial charge >= 0.3 is 0 Å². The van der Waals surface area contributed by atoms with Crippen LogP contribution >= 0.6 is 7.41 Å². The first-order chi connectivity index (χ1) is 5.37. The van der Waals surface area contributed by atoms with Gasteiger partial charge in [0.2, 0.25) is 0 Å². The van der Waals surface area contributed by atoms with Gasteiger partial charge in [0, 0.05) is 11.1 Å². The Morgan fingerprint density at radius 1 is 0.714 bits per heavy atom. The molecule has 0 saturated carbocycles. The van der Waals surface area contributed by atoms with Gasteiger partial charge in [-0.05, 0) is 41.5 Å². The minimum absolute atomic E-state index is 0. The highest BCUT2D eigenvalue weighted by Gasteiger charge is 2.44. The lowest BCUT2D eigenvalue weighted by Crippen LogP contribution is -3.00. The highest BCUT2D eigenvalue weighted by Crippen LogP contribution is 2.58. The van der Waals surface area contributed by atoms with E-state index >= 15 is 0 Å². The largest absolute Gasteiger partial charge is 1.00 e. The van der Waals surface area contributed by atoms with Crippen molar-refractivity contribution in [2.24, 2.45) is 0 Å². The van der Waals surface area contributed by atoms with Gasteiger partial charge in [-0.2, -0.15) is 4.67 Å². The van der Waals surface area contributed by atoms with E-state index in [-0.39, 0.29) is 28.1 Å². The Balaban J connectivity index is 0. The van der Waals surface area contributed by atoms with Crippen LogP contribution in [0.2, 0.25) is 0 Å². The second-order valence-corrected chi connectivity index (χ2v) is 10.9. The molecular weight excluding hydrogens is 257 g/mol. The average Bonchev–Trinajstić information content (AvgIpc) is 1.44. The highest BCUT2D eigenvalue weighted by atomic mass is 79.9. The molecule has 0 atom stereocenters. The van der Waals surface area contributed by atoms with Crippen molar-refractivity contribution in [3.8, 4) is 0 Å². The van der Waals surface area contributed by atoms with Crippen LogP contribution in [0.1, 0.15) is 41.5 Å². The molecule has 0 heterocycles. The molecule has 1 nitrogen and oxygen atoms in total. The fourth-order valence-corrected chi connectivity index (χ4v) is 6.41. The molecule has 0 bridgehead atoms. The molecule has 0 aliphatic carbocycles. The van der Waals surface area contributed by atoms with E-state index in [1.54, 1.807) is 0 Å². The minimum Gasteiger partial charge on any atom is -1.00 e. The molecule has 0 saturated heterocycles. The van der Waals surface area contributed by atoms with E-state index in [2.05, 4.69) is 66.2 Å². The van der Waals surface area contributed by atoms with Crippen LogP contribution in [0.4, 0.5) is 0 Å². The van der Waals surface area contributed by atoms with Crippen LogP contribution in [0.15, 0.2) is 0 Å². The second kappa shape index (κ2) is 4.80. The molecule has 0 aliphatic heterocycles. The van der Waals surface area contributed by atoms with Crippen molar-refractivity contribution in [2.45, 2.75) is 52.6 Å². The van der Waals surface area contributed by atoms with E-state index < -0.39 is 7.41 Å². The van der Waals surface area contributed by atoms with Crippen molar-refractivity contribution in [3.05, 3.63) is 0 Å². The molecule has 0 N–H and O–H groups in total. The summed E-state index contributed by atoms with van der Waals surface area (Å²) in [5, 5.41) is 0. The number of halogens is 1. The third kappa shape index (κ3) is 5.09. The number of rotatable bonds is 1. The van der Waals surface area contributed by atoms with Crippen molar-refractivity contribution >= 4 is 7.41 Å². The maximum atomic E-state index is 2.67. The van der Waals surface area contributed by atoms with Gasteiger partial charge in [0.15, 0.2) is 0 Å². The fraction of sp³-hybridized carbons (Fsp3) is 1.00. The SMILES string of the molecule is CC(C)(C)N(C(C)(C)C)[P+](C)(C)C.[Br-]. The Bertz CT molecular complexity index is 138. The minimum atomic E-state index is -0.936. The quantitative estimate of drug-likeness (QED) is 0.641. The van der Waals surface area contributed by atoms with Crippen LogP contribution in [0.25, 0.3) is 0 Å². The van der Waals surface area contributed by atoms with Crippen molar-refractivity contribution in [2.75, 3.05) is 20.0 Å². The Labute approximate surface area is 102 Å². The van der Waals surface area contributed by atoms with Gasteiger partial charge in [-0.1, -0.05) is 0 Å². The van der Waals surface area contributed by atoms with Crippen LogP contribution < -0.4 is 17.0 Å². The first-order valence-electron chi connectivity index (χ1n) is 4.99. The number of hydrogen-bond donors (Lipinski definition) is 0. The predicted molar refractivity (Wildman–Crippen MR) is 66.0 cm³/mol. The molecule has 0 spiro atoms. The standard InChI is InChI=1S/C11H27NP.BrH/c1-10(2,3)12(11(4,5)6)13(7,8)9;/h1-9H3;1H/q+1;/p-1. The van der Waals surface area contributed by atoms with Crippen LogP contribution in [-0.2, 0) is 0 Å². The van der Waals surface area contributed by atoms with E-state index in [0.717, 1.165) is 0 Å². The van der Waals surface area contributed by atoms with Crippen molar-refractivity contribution in [1.82, 2.24) is 4.67 Å². The van der Waals surface area contributed by atoms with Crippen molar-refractivity contribution in [3.63, 3.8) is 0 Å². The Hall–Kier alpha value is 0.870. The molecule has 0 amide bonds. The lowest BCUT2D eigenvalue weighted by molar-refractivity contribution is -0.00000792. The predicted octanol–water partition coefficient (Wildman–Crippen LogP) is 0.711. The molecule has 0 unspecified atom stereocenters. The summed E-state index contributed by atoms with van der Waals surface area (Å²) in [7, 11) is -0.936. The third-order valence-corrected chi connectivity index (χ3v) is 4.27. The molecule has 14 heavy (non-hydrogen) atoms. The molecule has 0 aromatic rings. The van der Waals surface area contributed by atoms with Crippen LogP contribution in [0.5, 0.6) is 0 Å². The van der Waals surface area contributed by atoms with Crippen molar-refractivity contribution in [1.29, 1.82) is 0 Å². The normalized spacial score (nSPS) is 14.1. The average molecular weight is 284 g/mol. The van der Waals surface area contributed by atoms with E-state index in [1.807, 2.05) is 0 Å². The van der Waals surface area contributed by atoms with Crippen molar-refractivity contribution < 1.29 is 17.0 Å². The zero-order chi connectivity index (χ0) is 11.1. The zero-order valence-corrected chi connectivity index (χ0v) is 13.8. The Kier molecular flexibility index (Phi) is 5.93. The maximum absolute atomic E-state index is 2.67. The summed E-state index contributed by atoms with van der Waals surface area (Å²) in [6.45, 7) is 21.0. The monoisotopic (exact) mass is 283 g/mol. The topological polar surface area (TPSA) is 3.24 Å². The molecule has 0 fully saturated rings. The van der Waals surface area contributed by atoms with Gasteiger partial charge < -0.3 is 17.0 Å². The van der Waals surface area contributed by atoms with Gasteiger partial charge in [-0.3, -0.25) is 0 Å². The van der Waals surface area contributed by atoms with Gasteiger partial charge in [0.25, 0.3) is 0 Å². The van der Waals surface area contributed by atoms with E-state index in [0.29, 0.717) is 0 Å². The van der Waals surface area contributed by atoms with Crippen LogP contribution in [0.3, 0.4) is 0 Å². The summed E-state index contributed by atoms with van der Waals surface area (Å²) in [6, 6.07) is 0. The Morgan fingerprint density at radius 2 is 0.929 bits per heavy atom. The first kappa shape index (κ1) is 17.3. The molecule has 3 heteroatoms. The van der Waals surface area contributed by atoms with E-state index in [4.69, 9.17) is 0 Å². The summed E-state index contributed by atoms with van der Waals surface area (Å²) in [5.74, 6) is 0. The maximum Gasteiger partial charge on any atom is 0.0753 e. The summed E-state index contributed by atoms with van der Waals surface area (Å²) < 4.78 is 2.67. The lowest BCUT2D eigenvalue weighted by Gasteiger charge is -2.47. The molecule has 0 aliphatic rings. The molecule has 0 radical (unpaired) electrons. The van der Waals surface area contributed by atoms with Gasteiger partial charge in [-0.25, -0.2) is 0 Å². The highest BCUT2D eigenvalue weighted by molar-refractivity contribution is 7.71. The molecule has 0 aromatic carbocycles. The fourth-order valence-electron chi connectivity index (χ4n) is 2.81. The third-order valence-electron chi connectivity index (χ3n) is 1.87. The van der Waals surface area contributed by atoms with Gasteiger partial charge in [-0.15, -0.1) is 0 Å². The molecule has 88 valence electrons. The first-order valence-corrected chi connectivity index (χ1v) is 8.07. The van der Waals surface area contributed by atoms with Gasteiger partial charge in [0.05, 0.1) is 27.4 Å². The summed E-state index contributed by atoms with van der Waals surface area (Å²) in [6.07, 6.45) is 0. The molecule has 0 rings (SSSR count). The molecular formula is C11H27BrNP. The Morgan fingerprint density at radius 3 is 0.929 bits per heavy atom.